The van der Waals surface area contributed by atoms with Gasteiger partial charge in [0.15, 0.2) is 4.33 Å². The zero-order valence-corrected chi connectivity index (χ0v) is 10.5. The Labute approximate surface area is 110 Å². The van der Waals surface area contributed by atoms with E-state index in [1.54, 1.807) is 24.3 Å². The fraction of sp³-hybridized carbons (Fsp3) is 0.0714. The second kappa shape index (κ2) is 4.67. The van der Waals surface area contributed by atoms with Gasteiger partial charge in [-0.3, -0.25) is 0 Å². The molecular weight excluding hydrogens is 258 g/mol. The number of halogens is 3. The van der Waals surface area contributed by atoms with Gasteiger partial charge in [-0.25, -0.2) is 4.39 Å². The summed E-state index contributed by atoms with van der Waals surface area (Å²) < 4.78 is 12.4. The van der Waals surface area contributed by atoms with Gasteiger partial charge in [0, 0.05) is 5.56 Å². The van der Waals surface area contributed by atoms with Crippen molar-refractivity contribution in [2.75, 3.05) is 0 Å². The topological polar surface area (TPSA) is 0 Å². The van der Waals surface area contributed by atoms with Crippen LogP contribution in [0.1, 0.15) is 16.7 Å². The average Bonchev–Trinajstić information content (AvgIpc) is 2.29. The molecule has 0 saturated heterocycles. The highest BCUT2D eigenvalue weighted by molar-refractivity contribution is 6.50. The molecule has 0 aromatic heterocycles. The van der Waals surface area contributed by atoms with Gasteiger partial charge in [0.2, 0.25) is 0 Å². The number of rotatable bonds is 2. The number of benzene rings is 2. The molecular formula is C14H10Cl2F. The fourth-order valence-electron chi connectivity index (χ4n) is 1.62. The van der Waals surface area contributed by atoms with Crippen LogP contribution in [0.15, 0.2) is 48.5 Å². The van der Waals surface area contributed by atoms with Gasteiger partial charge in [-0.15, -0.1) is 0 Å². The van der Waals surface area contributed by atoms with Crippen LogP contribution in [0.25, 0.3) is 0 Å². The van der Waals surface area contributed by atoms with Crippen LogP contribution in [0.4, 0.5) is 4.39 Å². The second-order valence-electron chi connectivity index (χ2n) is 3.75. The van der Waals surface area contributed by atoms with E-state index in [-0.39, 0.29) is 5.56 Å². The molecule has 0 bridgehead atoms. The second-order valence-corrected chi connectivity index (χ2v) is 5.08. The molecule has 0 saturated carbocycles. The van der Waals surface area contributed by atoms with Crippen molar-refractivity contribution in [2.45, 2.75) is 4.33 Å². The highest BCUT2D eigenvalue weighted by Gasteiger charge is 2.31. The molecule has 17 heavy (non-hydrogen) atoms. The van der Waals surface area contributed by atoms with E-state index < -0.39 is 10.2 Å². The minimum absolute atomic E-state index is 0.236. The zero-order valence-electron chi connectivity index (χ0n) is 8.96. The first-order valence-corrected chi connectivity index (χ1v) is 5.83. The van der Waals surface area contributed by atoms with Crippen LogP contribution in [0.5, 0.6) is 0 Å². The quantitative estimate of drug-likeness (QED) is 0.693. The lowest BCUT2D eigenvalue weighted by atomic mass is 10.0. The van der Waals surface area contributed by atoms with E-state index >= 15 is 0 Å². The Morgan fingerprint density at radius 1 is 1.00 bits per heavy atom. The van der Waals surface area contributed by atoms with Crippen LogP contribution in [0.3, 0.4) is 0 Å². The van der Waals surface area contributed by atoms with E-state index in [4.69, 9.17) is 23.2 Å². The molecule has 0 spiro atoms. The Balaban J connectivity index is 2.52. The van der Waals surface area contributed by atoms with Crippen LogP contribution in [-0.4, -0.2) is 0 Å². The van der Waals surface area contributed by atoms with Crippen molar-refractivity contribution in [1.29, 1.82) is 0 Å². The van der Waals surface area contributed by atoms with Crippen LogP contribution >= 0.6 is 23.2 Å². The maximum Gasteiger partial charge on any atom is 0.170 e. The van der Waals surface area contributed by atoms with Gasteiger partial charge >= 0.3 is 0 Å². The molecule has 0 heterocycles. The van der Waals surface area contributed by atoms with E-state index in [1.165, 1.54) is 6.07 Å². The van der Waals surface area contributed by atoms with Gasteiger partial charge in [0.25, 0.3) is 0 Å². The molecule has 0 nitrogen and oxygen atoms in total. The van der Waals surface area contributed by atoms with Crippen LogP contribution in [0, 0.1) is 12.7 Å². The molecule has 0 aliphatic heterocycles. The Morgan fingerprint density at radius 2 is 1.65 bits per heavy atom. The number of alkyl halides is 2. The minimum Gasteiger partial charge on any atom is -0.207 e. The van der Waals surface area contributed by atoms with Gasteiger partial charge in [-0.2, -0.15) is 0 Å². The third kappa shape index (κ3) is 2.46. The molecule has 0 N–H and O–H groups in total. The molecule has 0 atom stereocenters. The predicted octanol–water partition coefficient (Wildman–Crippen LogP) is 4.69. The number of hydrogen-bond donors (Lipinski definition) is 0. The standard InChI is InChI=1S/C14H10Cl2F/c1-10-7-8-12(13(17)9-10)14(15,16)11-5-3-2-4-6-11/h2-9H,1H2. The summed E-state index contributed by atoms with van der Waals surface area (Å²) in [5, 5.41) is 0. The molecule has 2 aromatic carbocycles. The van der Waals surface area contributed by atoms with Crippen molar-refractivity contribution in [3.05, 3.63) is 78.0 Å². The largest absolute Gasteiger partial charge is 0.207 e. The highest BCUT2D eigenvalue weighted by Crippen LogP contribution is 2.41. The lowest BCUT2D eigenvalue weighted by Crippen LogP contribution is -2.14. The van der Waals surface area contributed by atoms with Gasteiger partial charge in [0.1, 0.15) is 5.82 Å². The zero-order chi connectivity index (χ0) is 12.5. The summed E-state index contributed by atoms with van der Waals surface area (Å²) in [6.45, 7) is 3.65. The minimum atomic E-state index is -1.39. The average molecular weight is 268 g/mol. The Hall–Kier alpha value is -1.05. The molecule has 0 unspecified atom stereocenters. The van der Waals surface area contributed by atoms with Crippen molar-refractivity contribution >= 4 is 23.2 Å². The Kier molecular flexibility index (Phi) is 3.41. The molecule has 0 aliphatic rings. The molecule has 87 valence electrons. The lowest BCUT2D eigenvalue weighted by Gasteiger charge is -2.21. The smallest absolute Gasteiger partial charge is 0.170 e. The molecule has 2 aromatic rings. The summed E-state index contributed by atoms with van der Waals surface area (Å²) >= 11 is 12.5. The summed E-state index contributed by atoms with van der Waals surface area (Å²) in [4.78, 5) is 0. The van der Waals surface area contributed by atoms with Crippen LogP contribution in [-0.2, 0) is 4.33 Å². The molecule has 0 aliphatic carbocycles. The molecule has 1 radical (unpaired) electrons. The van der Waals surface area contributed by atoms with Crippen molar-refractivity contribution in [3.63, 3.8) is 0 Å². The third-order valence-electron chi connectivity index (χ3n) is 2.51. The Morgan fingerprint density at radius 3 is 2.24 bits per heavy atom. The van der Waals surface area contributed by atoms with Gasteiger partial charge in [0.05, 0.1) is 0 Å². The van der Waals surface area contributed by atoms with Crippen molar-refractivity contribution in [2.24, 2.45) is 0 Å². The van der Waals surface area contributed by atoms with Crippen molar-refractivity contribution in [3.8, 4) is 0 Å². The monoisotopic (exact) mass is 267 g/mol. The van der Waals surface area contributed by atoms with E-state index in [9.17, 15) is 4.39 Å². The maximum atomic E-state index is 13.8. The summed E-state index contributed by atoms with van der Waals surface area (Å²) in [7, 11) is 0. The maximum absolute atomic E-state index is 13.8. The van der Waals surface area contributed by atoms with Gasteiger partial charge < -0.3 is 0 Å². The Bertz CT molecular complexity index is 521. The van der Waals surface area contributed by atoms with E-state index in [2.05, 4.69) is 6.92 Å². The van der Waals surface area contributed by atoms with Crippen molar-refractivity contribution < 1.29 is 4.39 Å². The van der Waals surface area contributed by atoms with Gasteiger partial charge in [-0.1, -0.05) is 65.7 Å². The van der Waals surface area contributed by atoms with Gasteiger partial charge in [-0.05, 0) is 24.1 Å². The molecule has 3 heteroatoms. The third-order valence-corrected chi connectivity index (χ3v) is 3.35. The first kappa shape index (κ1) is 12.4. The molecule has 0 fully saturated rings. The van der Waals surface area contributed by atoms with Crippen LogP contribution in [0.2, 0.25) is 0 Å². The predicted molar refractivity (Wildman–Crippen MR) is 69.8 cm³/mol. The summed E-state index contributed by atoms with van der Waals surface area (Å²) in [5.41, 5.74) is 1.46. The SMILES string of the molecule is [CH2]c1ccc(C(Cl)(Cl)c2ccccc2)c(F)c1. The summed E-state index contributed by atoms with van der Waals surface area (Å²) in [5.74, 6) is -0.452. The highest BCUT2D eigenvalue weighted by atomic mass is 35.5. The van der Waals surface area contributed by atoms with E-state index in [0.29, 0.717) is 11.1 Å². The molecule has 2 rings (SSSR count). The normalized spacial score (nSPS) is 11.5. The lowest BCUT2D eigenvalue weighted by molar-refractivity contribution is 0.607. The fourth-order valence-corrected chi connectivity index (χ4v) is 2.17. The summed E-state index contributed by atoms with van der Waals surface area (Å²) in [6, 6.07) is 13.5. The first-order valence-electron chi connectivity index (χ1n) is 5.07. The van der Waals surface area contributed by atoms with E-state index in [1.807, 2.05) is 18.2 Å². The van der Waals surface area contributed by atoms with Crippen molar-refractivity contribution in [1.82, 2.24) is 0 Å². The first-order chi connectivity index (χ1) is 8.01. The van der Waals surface area contributed by atoms with E-state index in [0.717, 1.165) is 0 Å². The number of hydrogen-bond acceptors (Lipinski definition) is 0. The summed E-state index contributed by atoms with van der Waals surface area (Å²) in [6.07, 6.45) is 0. The van der Waals surface area contributed by atoms with Crippen LogP contribution < -0.4 is 0 Å². The molecule has 0 amide bonds.